The summed E-state index contributed by atoms with van der Waals surface area (Å²) < 4.78 is 0. The van der Waals surface area contributed by atoms with E-state index in [1.54, 1.807) is 5.19 Å². The van der Waals surface area contributed by atoms with Crippen molar-refractivity contribution in [2.45, 2.75) is 58.9 Å². The van der Waals surface area contributed by atoms with E-state index in [2.05, 4.69) is 101 Å². The van der Waals surface area contributed by atoms with Gasteiger partial charge in [-0.05, 0) is 10.8 Å². The molecule has 0 amide bonds. The van der Waals surface area contributed by atoms with E-state index in [-0.39, 0.29) is 0 Å². The first-order valence-corrected chi connectivity index (χ1v) is 24.3. The number of fused-ring (bicyclic) bond motifs is 1. The molecule has 0 atom stereocenters. The molecule has 23 heavy (non-hydrogen) atoms. The zero-order valence-corrected chi connectivity index (χ0v) is 20.5. The molecule has 0 bridgehead atoms. The maximum Gasteiger partial charge on any atom is 0.0719 e. The molecule has 2 aromatic carbocycles. The lowest BCUT2D eigenvalue weighted by atomic mass is 10.1. The molecule has 0 nitrogen and oxygen atoms in total. The molecule has 0 N–H and O–H groups in total. The minimum atomic E-state index is -1.48. The second-order valence-corrected chi connectivity index (χ2v) is 50.7. The molecule has 0 radical (unpaired) electrons. The Balaban J connectivity index is 2.69. The summed E-state index contributed by atoms with van der Waals surface area (Å²) in [6.45, 7) is 24.2. The summed E-state index contributed by atoms with van der Waals surface area (Å²) in [7, 11) is -5.09. The van der Waals surface area contributed by atoms with Crippen LogP contribution < -0.4 is 5.19 Å². The van der Waals surface area contributed by atoms with Gasteiger partial charge in [-0.1, -0.05) is 107 Å². The fourth-order valence-electron chi connectivity index (χ4n) is 3.83. The van der Waals surface area contributed by atoms with Gasteiger partial charge >= 0.3 is 0 Å². The van der Waals surface area contributed by atoms with Crippen molar-refractivity contribution in [3.8, 4) is 0 Å². The van der Waals surface area contributed by atoms with Crippen molar-refractivity contribution in [2.24, 2.45) is 0 Å². The van der Waals surface area contributed by atoms with E-state index in [0.717, 1.165) is 0 Å². The molecule has 0 unspecified atom stereocenters. The molecular formula is C19H34Si4. The summed E-state index contributed by atoms with van der Waals surface area (Å²) in [6, 6.07) is 16.0. The highest BCUT2D eigenvalue weighted by Crippen LogP contribution is 2.35. The zero-order chi connectivity index (χ0) is 17.7. The van der Waals surface area contributed by atoms with Crippen LogP contribution in [-0.2, 0) is 0 Å². The van der Waals surface area contributed by atoms with Gasteiger partial charge in [-0.3, -0.25) is 0 Å². The Kier molecular flexibility index (Phi) is 4.79. The maximum absolute atomic E-state index is 2.74. The zero-order valence-electron chi connectivity index (χ0n) is 16.5. The summed E-state index contributed by atoms with van der Waals surface area (Å²) in [4.78, 5) is 0. The van der Waals surface area contributed by atoms with E-state index < -0.39 is 29.4 Å². The highest BCUT2D eigenvalue weighted by Gasteiger charge is 2.57. The van der Waals surface area contributed by atoms with Gasteiger partial charge in [0.2, 0.25) is 0 Å². The molecule has 0 heterocycles. The van der Waals surface area contributed by atoms with Gasteiger partial charge in [-0.15, -0.1) is 0 Å². The quantitative estimate of drug-likeness (QED) is 0.598. The molecule has 0 saturated heterocycles. The van der Waals surface area contributed by atoms with Crippen LogP contribution in [0, 0.1) is 0 Å². The third-order valence-electron chi connectivity index (χ3n) is 7.46. The van der Waals surface area contributed by atoms with E-state index in [1.165, 1.54) is 10.8 Å². The lowest BCUT2D eigenvalue weighted by molar-refractivity contribution is 1.71. The van der Waals surface area contributed by atoms with E-state index in [4.69, 9.17) is 0 Å². The molecule has 0 spiro atoms. The summed E-state index contributed by atoms with van der Waals surface area (Å²) in [6.07, 6.45) is 0. The SMILES string of the molecule is C[Si](C)(C)[Si](C)(C)[Si](C)(C)[Si](C)(C)c1cccc2ccccc12. The first-order valence-electron chi connectivity index (χ1n) is 8.82. The van der Waals surface area contributed by atoms with Crippen molar-refractivity contribution in [3.05, 3.63) is 42.5 Å². The van der Waals surface area contributed by atoms with Gasteiger partial charge in [0.1, 0.15) is 0 Å². The molecule has 0 fully saturated rings. The molecule has 126 valence electrons. The molecule has 0 aromatic heterocycles. The molecule has 0 aliphatic rings. The molecular weight excluding hydrogens is 341 g/mol. The average molecular weight is 375 g/mol. The van der Waals surface area contributed by atoms with Crippen molar-refractivity contribution >= 4 is 45.4 Å². The van der Waals surface area contributed by atoms with Crippen LogP contribution in [0.3, 0.4) is 0 Å². The van der Waals surface area contributed by atoms with Gasteiger partial charge in [0.25, 0.3) is 0 Å². The van der Waals surface area contributed by atoms with Gasteiger partial charge < -0.3 is 0 Å². The second-order valence-electron chi connectivity index (χ2n) is 9.65. The van der Waals surface area contributed by atoms with Crippen LogP contribution in [0.4, 0.5) is 0 Å². The summed E-state index contributed by atoms with van der Waals surface area (Å²) in [5.41, 5.74) is 0. The van der Waals surface area contributed by atoms with Crippen molar-refractivity contribution < 1.29 is 0 Å². The van der Waals surface area contributed by atoms with Crippen LogP contribution in [0.2, 0.25) is 58.9 Å². The standard InChI is InChI=1S/C19H34Si4/c1-20(2,3)22(6,7)23(8,9)21(4,5)19-16-12-14-17-13-10-11-15-18(17)19/h10-16H,1-9H3. The Bertz CT molecular complexity index is 703. The van der Waals surface area contributed by atoms with Gasteiger partial charge in [0.05, 0.1) is 7.59 Å². The molecule has 0 saturated carbocycles. The Labute approximate surface area is 146 Å². The summed E-state index contributed by atoms with van der Waals surface area (Å²) in [5.74, 6) is 0. The second kappa shape index (κ2) is 5.83. The van der Waals surface area contributed by atoms with Crippen molar-refractivity contribution in [1.29, 1.82) is 0 Å². The minimum Gasteiger partial charge on any atom is -0.0733 e. The first kappa shape index (κ1) is 18.9. The van der Waals surface area contributed by atoms with Crippen LogP contribution >= 0.6 is 0 Å². The molecule has 0 aliphatic heterocycles. The summed E-state index contributed by atoms with van der Waals surface area (Å²) >= 11 is 0. The minimum absolute atomic E-state index is 1.10. The van der Waals surface area contributed by atoms with Crippen LogP contribution in [0.25, 0.3) is 10.8 Å². The molecule has 4 heteroatoms. The van der Waals surface area contributed by atoms with Gasteiger partial charge in [-0.2, -0.15) is 0 Å². The Morgan fingerprint density at radius 2 is 1.09 bits per heavy atom. The number of rotatable bonds is 4. The lowest BCUT2D eigenvalue weighted by Crippen LogP contribution is -2.81. The molecule has 2 rings (SSSR count). The third kappa shape index (κ3) is 2.88. The lowest BCUT2D eigenvalue weighted by Gasteiger charge is -2.54. The monoisotopic (exact) mass is 374 g/mol. The fourth-order valence-corrected chi connectivity index (χ4v) is 73.0. The van der Waals surface area contributed by atoms with Gasteiger partial charge in [0.15, 0.2) is 0 Å². The Morgan fingerprint density at radius 1 is 0.565 bits per heavy atom. The predicted octanol–water partition coefficient (Wildman–Crippen LogP) is 5.75. The van der Waals surface area contributed by atoms with Crippen molar-refractivity contribution in [2.75, 3.05) is 0 Å². The Hall–Kier alpha value is -0.432. The smallest absolute Gasteiger partial charge is 0.0719 e. The average Bonchev–Trinajstić information content (AvgIpc) is 2.45. The Morgan fingerprint density at radius 3 is 1.65 bits per heavy atom. The van der Waals surface area contributed by atoms with Crippen LogP contribution in [0.5, 0.6) is 0 Å². The van der Waals surface area contributed by atoms with Crippen LogP contribution in [-0.4, -0.2) is 29.4 Å². The first-order chi connectivity index (χ1) is 10.3. The van der Waals surface area contributed by atoms with Crippen molar-refractivity contribution in [3.63, 3.8) is 0 Å². The number of hydrogen-bond donors (Lipinski definition) is 0. The summed E-state index contributed by atoms with van der Waals surface area (Å²) in [5, 5.41) is 4.65. The number of hydrogen-bond acceptors (Lipinski definition) is 0. The van der Waals surface area contributed by atoms with Crippen LogP contribution in [0.15, 0.2) is 42.5 Å². The third-order valence-corrected chi connectivity index (χ3v) is 75.9. The van der Waals surface area contributed by atoms with E-state index >= 15 is 0 Å². The van der Waals surface area contributed by atoms with E-state index in [0.29, 0.717) is 0 Å². The fraction of sp³-hybridized carbons (Fsp3) is 0.474. The molecule has 2 aromatic rings. The highest BCUT2D eigenvalue weighted by atomic mass is 29.8. The molecule has 0 aliphatic carbocycles. The topological polar surface area (TPSA) is 0 Å². The maximum atomic E-state index is 2.74. The van der Waals surface area contributed by atoms with Gasteiger partial charge in [-0.25, -0.2) is 0 Å². The van der Waals surface area contributed by atoms with Crippen LogP contribution in [0.1, 0.15) is 0 Å². The highest BCUT2D eigenvalue weighted by molar-refractivity contribution is 7.84. The largest absolute Gasteiger partial charge is 0.0733 e. The van der Waals surface area contributed by atoms with E-state index in [1.807, 2.05) is 0 Å². The van der Waals surface area contributed by atoms with E-state index in [9.17, 15) is 0 Å². The number of benzene rings is 2. The van der Waals surface area contributed by atoms with Gasteiger partial charge in [0, 0.05) is 21.8 Å². The predicted molar refractivity (Wildman–Crippen MR) is 119 cm³/mol. The van der Waals surface area contributed by atoms with Crippen molar-refractivity contribution in [1.82, 2.24) is 0 Å². The normalized spacial score (nSPS) is 14.3.